The SMILES string of the molecule is CN(Cc1cccc(C#N)c1)c1cccnc1C#N. The van der Waals surface area contributed by atoms with Gasteiger partial charge in [0.05, 0.1) is 17.3 Å². The third-order valence-corrected chi connectivity index (χ3v) is 2.78. The second kappa shape index (κ2) is 5.66. The van der Waals surface area contributed by atoms with Gasteiger partial charge in [-0.25, -0.2) is 4.98 Å². The quantitative estimate of drug-likeness (QED) is 0.837. The van der Waals surface area contributed by atoms with Gasteiger partial charge in [0.1, 0.15) is 6.07 Å². The molecule has 0 spiro atoms. The van der Waals surface area contributed by atoms with Gasteiger partial charge < -0.3 is 4.90 Å². The maximum atomic E-state index is 9.03. The molecule has 1 heterocycles. The molecule has 0 aliphatic heterocycles. The third-order valence-electron chi connectivity index (χ3n) is 2.78. The van der Waals surface area contributed by atoms with Crippen molar-refractivity contribution in [3.8, 4) is 12.1 Å². The van der Waals surface area contributed by atoms with Crippen molar-refractivity contribution in [1.29, 1.82) is 10.5 Å². The van der Waals surface area contributed by atoms with Gasteiger partial charge in [-0.15, -0.1) is 0 Å². The van der Waals surface area contributed by atoms with Crippen molar-refractivity contribution in [1.82, 2.24) is 4.98 Å². The summed E-state index contributed by atoms with van der Waals surface area (Å²) in [6.45, 7) is 0.621. The second-order valence-electron chi connectivity index (χ2n) is 4.15. The van der Waals surface area contributed by atoms with Crippen LogP contribution in [0.15, 0.2) is 42.6 Å². The minimum atomic E-state index is 0.404. The van der Waals surface area contributed by atoms with Gasteiger partial charge in [0, 0.05) is 19.8 Å². The van der Waals surface area contributed by atoms with Gasteiger partial charge in [-0.05, 0) is 29.8 Å². The van der Waals surface area contributed by atoms with E-state index in [1.54, 1.807) is 18.3 Å². The molecule has 0 amide bonds. The number of hydrogen-bond donors (Lipinski definition) is 0. The molecule has 0 bridgehead atoms. The predicted molar refractivity (Wildman–Crippen MR) is 72.2 cm³/mol. The Morgan fingerprint density at radius 3 is 2.74 bits per heavy atom. The monoisotopic (exact) mass is 248 g/mol. The van der Waals surface area contributed by atoms with Gasteiger partial charge in [0.25, 0.3) is 0 Å². The molecule has 0 N–H and O–H groups in total. The average Bonchev–Trinajstić information content (AvgIpc) is 2.47. The lowest BCUT2D eigenvalue weighted by Gasteiger charge is -2.19. The van der Waals surface area contributed by atoms with Gasteiger partial charge in [-0.1, -0.05) is 12.1 Å². The lowest BCUT2D eigenvalue weighted by Crippen LogP contribution is -2.18. The Balaban J connectivity index is 2.24. The van der Waals surface area contributed by atoms with Gasteiger partial charge in [-0.3, -0.25) is 0 Å². The van der Waals surface area contributed by atoms with Crippen LogP contribution in [0.3, 0.4) is 0 Å². The molecule has 0 aliphatic rings. The molecule has 0 atom stereocenters. The summed E-state index contributed by atoms with van der Waals surface area (Å²) in [5, 5.41) is 17.9. The zero-order chi connectivity index (χ0) is 13.7. The Morgan fingerprint density at radius 1 is 1.16 bits per heavy atom. The van der Waals surface area contributed by atoms with E-state index in [4.69, 9.17) is 10.5 Å². The number of anilines is 1. The van der Waals surface area contributed by atoms with Crippen LogP contribution >= 0.6 is 0 Å². The number of nitrogens with zero attached hydrogens (tertiary/aromatic N) is 4. The fourth-order valence-electron chi connectivity index (χ4n) is 1.89. The molecule has 92 valence electrons. The van der Waals surface area contributed by atoms with E-state index in [9.17, 15) is 0 Å². The van der Waals surface area contributed by atoms with Gasteiger partial charge in [-0.2, -0.15) is 10.5 Å². The van der Waals surface area contributed by atoms with Crippen molar-refractivity contribution in [2.24, 2.45) is 0 Å². The van der Waals surface area contributed by atoms with Crippen molar-refractivity contribution in [2.75, 3.05) is 11.9 Å². The first-order chi connectivity index (χ1) is 9.24. The fraction of sp³-hybridized carbons (Fsp3) is 0.133. The first-order valence-electron chi connectivity index (χ1n) is 5.80. The molecule has 2 rings (SSSR count). The molecule has 0 saturated heterocycles. The summed E-state index contributed by atoms with van der Waals surface area (Å²) in [6.07, 6.45) is 1.60. The molecule has 0 fully saturated rings. The maximum Gasteiger partial charge on any atom is 0.163 e. The summed E-state index contributed by atoms with van der Waals surface area (Å²) in [7, 11) is 1.90. The topological polar surface area (TPSA) is 63.7 Å². The summed E-state index contributed by atoms with van der Waals surface area (Å²) < 4.78 is 0. The van der Waals surface area contributed by atoms with E-state index in [0.717, 1.165) is 11.3 Å². The second-order valence-corrected chi connectivity index (χ2v) is 4.15. The zero-order valence-corrected chi connectivity index (χ0v) is 10.5. The van der Waals surface area contributed by atoms with E-state index in [1.807, 2.05) is 36.2 Å². The zero-order valence-electron chi connectivity index (χ0n) is 10.5. The molecule has 1 aromatic carbocycles. The molecule has 0 aliphatic carbocycles. The van der Waals surface area contributed by atoms with Crippen LogP contribution < -0.4 is 4.90 Å². The van der Waals surface area contributed by atoms with Crippen molar-refractivity contribution in [3.05, 3.63) is 59.4 Å². The lowest BCUT2D eigenvalue weighted by molar-refractivity contribution is 0.913. The van der Waals surface area contributed by atoms with E-state index in [2.05, 4.69) is 17.1 Å². The number of hydrogen-bond acceptors (Lipinski definition) is 4. The van der Waals surface area contributed by atoms with Crippen LogP contribution in [0.4, 0.5) is 5.69 Å². The van der Waals surface area contributed by atoms with Gasteiger partial charge >= 0.3 is 0 Å². The van der Waals surface area contributed by atoms with Crippen LogP contribution in [0.25, 0.3) is 0 Å². The van der Waals surface area contributed by atoms with Crippen LogP contribution in [-0.2, 0) is 6.54 Å². The Labute approximate surface area is 112 Å². The number of nitriles is 2. The molecular weight excluding hydrogens is 236 g/mol. The Kier molecular flexibility index (Phi) is 3.75. The first-order valence-corrected chi connectivity index (χ1v) is 5.80. The number of aromatic nitrogens is 1. The highest BCUT2D eigenvalue weighted by atomic mass is 15.1. The summed E-state index contributed by atoms with van der Waals surface area (Å²) >= 11 is 0. The van der Waals surface area contributed by atoms with Crippen molar-refractivity contribution >= 4 is 5.69 Å². The Morgan fingerprint density at radius 2 is 2.00 bits per heavy atom. The Hall–Kier alpha value is -2.85. The van der Waals surface area contributed by atoms with Crippen molar-refractivity contribution < 1.29 is 0 Å². The number of pyridine rings is 1. The molecule has 2 aromatic rings. The highest BCUT2D eigenvalue weighted by Crippen LogP contribution is 2.18. The molecule has 19 heavy (non-hydrogen) atoms. The molecule has 0 unspecified atom stereocenters. The van der Waals surface area contributed by atoms with Crippen molar-refractivity contribution in [2.45, 2.75) is 6.54 Å². The van der Waals surface area contributed by atoms with E-state index in [-0.39, 0.29) is 0 Å². The minimum absolute atomic E-state index is 0.404. The largest absolute Gasteiger partial charge is 0.368 e. The van der Waals surface area contributed by atoms with Crippen LogP contribution in [0.1, 0.15) is 16.8 Å². The first kappa shape index (κ1) is 12.6. The highest BCUT2D eigenvalue weighted by Gasteiger charge is 2.08. The average molecular weight is 248 g/mol. The molecule has 0 radical (unpaired) electrons. The maximum absolute atomic E-state index is 9.03. The van der Waals surface area contributed by atoms with Gasteiger partial charge in [0.15, 0.2) is 5.69 Å². The molecule has 4 heteroatoms. The normalized spacial score (nSPS) is 9.42. The van der Waals surface area contributed by atoms with E-state index in [0.29, 0.717) is 17.8 Å². The smallest absolute Gasteiger partial charge is 0.163 e. The van der Waals surface area contributed by atoms with Crippen LogP contribution in [0.2, 0.25) is 0 Å². The number of benzene rings is 1. The molecular formula is C15H12N4. The van der Waals surface area contributed by atoms with Crippen LogP contribution in [0.5, 0.6) is 0 Å². The Bertz CT molecular complexity index is 664. The van der Waals surface area contributed by atoms with Crippen LogP contribution in [0, 0.1) is 22.7 Å². The minimum Gasteiger partial charge on any atom is -0.368 e. The molecule has 0 saturated carbocycles. The summed E-state index contributed by atoms with van der Waals surface area (Å²) in [5.41, 5.74) is 2.85. The summed E-state index contributed by atoms with van der Waals surface area (Å²) in [6, 6.07) is 15.3. The summed E-state index contributed by atoms with van der Waals surface area (Å²) in [5.74, 6) is 0. The molecule has 4 nitrogen and oxygen atoms in total. The van der Waals surface area contributed by atoms with Gasteiger partial charge in [0.2, 0.25) is 0 Å². The van der Waals surface area contributed by atoms with E-state index >= 15 is 0 Å². The fourth-order valence-corrected chi connectivity index (χ4v) is 1.89. The highest BCUT2D eigenvalue weighted by molar-refractivity contribution is 5.55. The predicted octanol–water partition coefficient (Wildman–Crippen LogP) is 2.46. The lowest BCUT2D eigenvalue weighted by atomic mass is 10.1. The third kappa shape index (κ3) is 2.88. The molecule has 1 aromatic heterocycles. The van der Waals surface area contributed by atoms with E-state index < -0.39 is 0 Å². The van der Waals surface area contributed by atoms with Crippen LogP contribution in [-0.4, -0.2) is 12.0 Å². The number of rotatable bonds is 3. The van der Waals surface area contributed by atoms with Crippen molar-refractivity contribution in [3.63, 3.8) is 0 Å². The summed E-state index contributed by atoms with van der Waals surface area (Å²) in [4.78, 5) is 5.98. The van der Waals surface area contributed by atoms with E-state index in [1.165, 1.54) is 0 Å². The standard InChI is InChI=1S/C15H12N4/c1-19(15-6-3-7-18-14(15)10-17)11-13-5-2-4-12(8-13)9-16/h2-8H,11H2,1H3.